The maximum atomic E-state index is 12.0. The van der Waals surface area contributed by atoms with E-state index in [4.69, 9.17) is 0 Å². The zero-order chi connectivity index (χ0) is 18.2. The maximum absolute atomic E-state index is 12.0. The predicted molar refractivity (Wildman–Crippen MR) is 116 cm³/mol. The first-order valence-electron chi connectivity index (χ1n) is 8.79. The number of benzene rings is 4. The van der Waals surface area contributed by atoms with Crippen molar-refractivity contribution in [2.45, 2.75) is 9.79 Å². The van der Waals surface area contributed by atoms with Crippen molar-refractivity contribution in [1.29, 1.82) is 0 Å². The Morgan fingerprint density at radius 3 is 1.44 bits per heavy atom. The highest BCUT2D eigenvalue weighted by Gasteiger charge is 2.23. The summed E-state index contributed by atoms with van der Waals surface area (Å²) in [6.45, 7) is 0. The Hall–Kier alpha value is -2.75. The van der Waals surface area contributed by atoms with Gasteiger partial charge in [0.1, 0.15) is 0 Å². The second-order valence-electron chi connectivity index (χ2n) is 6.36. The van der Waals surface area contributed by atoms with Gasteiger partial charge in [0.2, 0.25) is 0 Å². The highest BCUT2D eigenvalue weighted by molar-refractivity contribution is 7.85. The van der Waals surface area contributed by atoms with Crippen LogP contribution in [-0.4, -0.2) is 4.21 Å². The molecule has 0 bridgehead atoms. The number of fused-ring (bicyclic) bond motifs is 6. The van der Waals surface area contributed by atoms with Crippen LogP contribution in [0.3, 0.4) is 0 Å². The van der Waals surface area contributed by atoms with Crippen LogP contribution in [0.4, 0.5) is 0 Å². The lowest BCUT2D eigenvalue weighted by molar-refractivity contribution is 0.685. The van der Waals surface area contributed by atoms with Crippen molar-refractivity contribution in [3.63, 3.8) is 0 Å². The van der Waals surface area contributed by atoms with E-state index in [2.05, 4.69) is 48.5 Å². The third kappa shape index (κ3) is 2.80. The van der Waals surface area contributed by atoms with Crippen molar-refractivity contribution in [2.24, 2.45) is 0 Å². The van der Waals surface area contributed by atoms with Crippen molar-refractivity contribution >= 4 is 42.3 Å². The maximum Gasteiger partial charge on any atom is 0.0862 e. The van der Waals surface area contributed by atoms with Gasteiger partial charge in [-0.3, -0.25) is 0 Å². The van der Waals surface area contributed by atoms with Gasteiger partial charge in [-0.15, -0.1) is 11.3 Å². The Morgan fingerprint density at radius 2 is 0.926 bits per heavy atom. The summed E-state index contributed by atoms with van der Waals surface area (Å²) in [4.78, 5) is 1.88. The van der Waals surface area contributed by atoms with E-state index in [1.54, 1.807) is 0 Å². The molecular weight excluding hydrogens is 368 g/mol. The molecule has 4 aromatic carbocycles. The standard InChI is InChI=1S/C12H8OS.C12H8S/c13-14-11-7-3-1-5-9(11)10-6-2-4-8-12(10)14;1-3-7-11-9(5-1)10-6-2-4-8-12(10)13-11/h1-8H;1-8H. The minimum absolute atomic E-state index is 0.939. The van der Waals surface area contributed by atoms with Crippen LogP contribution in [0.1, 0.15) is 0 Å². The first-order chi connectivity index (χ1) is 13.3. The van der Waals surface area contributed by atoms with Gasteiger partial charge in [0, 0.05) is 20.2 Å². The van der Waals surface area contributed by atoms with Gasteiger partial charge in [-0.2, -0.15) is 0 Å². The lowest BCUT2D eigenvalue weighted by Gasteiger charge is -1.95. The number of thiophene rings is 1. The van der Waals surface area contributed by atoms with Gasteiger partial charge >= 0.3 is 0 Å². The van der Waals surface area contributed by atoms with Crippen LogP contribution in [-0.2, 0) is 10.8 Å². The normalized spacial score (nSPS) is 12.4. The van der Waals surface area contributed by atoms with Crippen LogP contribution in [0, 0.1) is 0 Å². The molecular formula is C24H16OS2. The number of hydrogen-bond acceptors (Lipinski definition) is 2. The lowest BCUT2D eigenvalue weighted by Crippen LogP contribution is -1.84. The van der Waals surface area contributed by atoms with Gasteiger partial charge in [-0.05, 0) is 35.4 Å². The van der Waals surface area contributed by atoms with Crippen LogP contribution in [0.2, 0.25) is 0 Å². The number of rotatable bonds is 0. The molecule has 6 rings (SSSR count). The molecule has 27 heavy (non-hydrogen) atoms. The summed E-state index contributed by atoms with van der Waals surface area (Å²) >= 11 is 1.86. The molecule has 0 fully saturated rings. The summed E-state index contributed by atoms with van der Waals surface area (Å²) in [7, 11) is -0.973. The van der Waals surface area contributed by atoms with E-state index >= 15 is 0 Å². The molecule has 0 saturated heterocycles. The second kappa shape index (κ2) is 6.76. The Kier molecular flexibility index (Phi) is 4.12. The second-order valence-corrected chi connectivity index (χ2v) is 8.86. The van der Waals surface area contributed by atoms with E-state index in [1.807, 2.05) is 59.9 Å². The zero-order valence-corrected chi connectivity index (χ0v) is 16.1. The summed E-state index contributed by atoms with van der Waals surface area (Å²) in [6.07, 6.45) is 0. The molecule has 0 atom stereocenters. The van der Waals surface area contributed by atoms with Crippen LogP contribution in [0.5, 0.6) is 0 Å². The SMILES string of the molecule is O=S1c2ccccc2-c2ccccc21.c1ccc2c(c1)sc1ccccc12. The Morgan fingerprint density at radius 1 is 0.519 bits per heavy atom. The summed E-state index contributed by atoms with van der Waals surface area (Å²) in [5, 5.41) is 2.76. The van der Waals surface area contributed by atoms with E-state index in [9.17, 15) is 4.21 Å². The fourth-order valence-corrected chi connectivity index (χ4v) is 6.00. The molecule has 0 unspecified atom stereocenters. The minimum Gasteiger partial charge on any atom is -0.249 e. The van der Waals surface area contributed by atoms with Crippen LogP contribution >= 0.6 is 11.3 Å². The smallest absolute Gasteiger partial charge is 0.0862 e. The fraction of sp³-hybridized carbons (Fsp3) is 0. The molecule has 0 radical (unpaired) electrons. The minimum atomic E-state index is -0.973. The topological polar surface area (TPSA) is 17.1 Å². The molecule has 1 aromatic heterocycles. The van der Waals surface area contributed by atoms with Crippen molar-refractivity contribution in [3.05, 3.63) is 97.1 Å². The van der Waals surface area contributed by atoms with Crippen molar-refractivity contribution in [3.8, 4) is 11.1 Å². The van der Waals surface area contributed by atoms with E-state index in [1.165, 1.54) is 20.2 Å². The van der Waals surface area contributed by atoms with Crippen LogP contribution in [0.15, 0.2) is 107 Å². The molecule has 1 nitrogen and oxygen atoms in total. The van der Waals surface area contributed by atoms with E-state index in [0.29, 0.717) is 0 Å². The molecule has 0 spiro atoms. The summed E-state index contributed by atoms with van der Waals surface area (Å²) in [5.41, 5.74) is 2.22. The molecule has 1 aliphatic heterocycles. The first kappa shape index (κ1) is 16.4. The largest absolute Gasteiger partial charge is 0.249 e. The Labute approximate surface area is 164 Å². The Bertz CT molecular complexity index is 1200. The van der Waals surface area contributed by atoms with Crippen molar-refractivity contribution in [2.75, 3.05) is 0 Å². The van der Waals surface area contributed by atoms with Gasteiger partial charge < -0.3 is 0 Å². The molecule has 2 heterocycles. The molecule has 0 aliphatic carbocycles. The molecule has 3 heteroatoms. The third-order valence-electron chi connectivity index (χ3n) is 4.75. The Balaban J connectivity index is 0.000000119. The van der Waals surface area contributed by atoms with E-state index in [0.717, 1.165) is 20.9 Å². The average molecular weight is 385 g/mol. The van der Waals surface area contributed by atoms with E-state index in [-0.39, 0.29) is 0 Å². The van der Waals surface area contributed by atoms with E-state index < -0.39 is 10.8 Å². The molecule has 1 aliphatic rings. The zero-order valence-electron chi connectivity index (χ0n) is 14.5. The highest BCUT2D eigenvalue weighted by atomic mass is 32.2. The molecule has 130 valence electrons. The quantitative estimate of drug-likeness (QED) is 0.279. The highest BCUT2D eigenvalue weighted by Crippen LogP contribution is 2.39. The third-order valence-corrected chi connectivity index (χ3v) is 7.41. The molecule has 0 N–H and O–H groups in total. The molecule has 5 aromatic rings. The van der Waals surface area contributed by atoms with Crippen LogP contribution in [0.25, 0.3) is 31.3 Å². The molecule has 0 amide bonds. The molecule has 0 saturated carbocycles. The average Bonchev–Trinajstić information content (AvgIpc) is 3.25. The predicted octanol–water partition coefficient (Wildman–Crippen LogP) is 6.89. The van der Waals surface area contributed by atoms with Crippen molar-refractivity contribution in [1.82, 2.24) is 0 Å². The fourth-order valence-electron chi connectivity index (χ4n) is 3.49. The monoisotopic (exact) mass is 384 g/mol. The summed E-state index contributed by atoms with van der Waals surface area (Å²) < 4.78 is 14.8. The van der Waals surface area contributed by atoms with Crippen LogP contribution < -0.4 is 0 Å². The van der Waals surface area contributed by atoms with Gasteiger partial charge in [0.25, 0.3) is 0 Å². The van der Waals surface area contributed by atoms with Crippen molar-refractivity contribution < 1.29 is 4.21 Å². The van der Waals surface area contributed by atoms with Gasteiger partial charge in [0.15, 0.2) is 0 Å². The summed E-state index contributed by atoms with van der Waals surface area (Å²) in [6, 6.07) is 32.9. The number of hydrogen-bond donors (Lipinski definition) is 0. The van der Waals surface area contributed by atoms with Gasteiger partial charge in [0.05, 0.1) is 20.6 Å². The summed E-state index contributed by atoms with van der Waals surface area (Å²) in [5.74, 6) is 0. The first-order valence-corrected chi connectivity index (χ1v) is 10.8. The lowest BCUT2D eigenvalue weighted by atomic mass is 10.1. The van der Waals surface area contributed by atoms with Gasteiger partial charge in [-0.25, -0.2) is 4.21 Å². The van der Waals surface area contributed by atoms with Gasteiger partial charge in [-0.1, -0.05) is 72.8 Å².